The first kappa shape index (κ1) is 13.1. The molecule has 2 rings (SSSR count). The highest BCUT2D eigenvalue weighted by molar-refractivity contribution is 5.56. The van der Waals surface area contributed by atoms with E-state index in [1.165, 1.54) is 19.2 Å². The van der Waals surface area contributed by atoms with Crippen molar-refractivity contribution in [3.63, 3.8) is 0 Å². The number of nitrogens with one attached hydrogen (secondary N) is 1. The van der Waals surface area contributed by atoms with Gasteiger partial charge in [-0.25, -0.2) is 4.79 Å². The second kappa shape index (κ2) is 4.71. The van der Waals surface area contributed by atoms with Crippen LogP contribution < -0.4 is 10.4 Å². The molecule has 1 aromatic carbocycles. The first-order valence-electron chi connectivity index (χ1n) is 5.10. The van der Waals surface area contributed by atoms with Gasteiger partial charge in [-0.2, -0.15) is 18.2 Å². The number of hydrogen-bond acceptors (Lipinski definition) is 4. The molecule has 19 heavy (non-hydrogen) atoms. The highest BCUT2D eigenvalue weighted by Gasteiger charge is 2.30. The summed E-state index contributed by atoms with van der Waals surface area (Å²) in [5, 5.41) is 0. The van der Waals surface area contributed by atoms with E-state index in [1.807, 2.05) is 0 Å². The van der Waals surface area contributed by atoms with Gasteiger partial charge in [-0.3, -0.25) is 4.98 Å². The number of hydrogen-bond donors (Lipinski definition) is 1. The van der Waals surface area contributed by atoms with Crippen LogP contribution in [-0.4, -0.2) is 22.1 Å². The van der Waals surface area contributed by atoms with E-state index in [9.17, 15) is 18.0 Å². The topological polar surface area (TPSA) is 67.9 Å². The second-order valence-electron chi connectivity index (χ2n) is 3.57. The van der Waals surface area contributed by atoms with Gasteiger partial charge in [0.15, 0.2) is 0 Å². The molecule has 0 saturated heterocycles. The van der Waals surface area contributed by atoms with Crippen molar-refractivity contribution in [1.82, 2.24) is 15.0 Å². The number of ether oxygens (including phenoxy) is 1. The van der Waals surface area contributed by atoms with Gasteiger partial charge in [0, 0.05) is 5.56 Å². The van der Waals surface area contributed by atoms with Gasteiger partial charge in [-0.05, 0) is 12.1 Å². The van der Waals surface area contributed by atoms with Crippen LogP contribution >= 0.6 is 0 Å². The molecule has 1 aromatic heterocycles. The van der Waals surface area contributed by atoms with Crippen molar-refractivity contribution < 1.29 is 17.9 Å². The molecule has 0 saturated carbocycles. The van der Waals surface area contributed by atoms with Gasteiger partial charge < -0.3 is 4.74 Å². The van der Waals surface area contributed by atoms with Crippen LogP contribution in [0.3, 0.4) is 0 Å². The Morgan fingerprint density at radius 3 is 2.63 bits per heavy atom. The van der Waals surface area contributed by atoms with E-state index < -0.39 is 17.4 Å². The van der Waals surface area contributed by atoms with Crippen LogP contribution in [0.5, 0.6) is 6.01 Å². The van der Waals surface area contributed by atoms with Crippen molar-refractivity contribution in [2.75, 3.05) is 7.11 Å². The number of alkyl halides is 3. The van der Waals surface area contributed by atoms with E-state index in [4.69, 9.17) is 4.74 Å². The number of rotatable bonds is 2. The van der Waals surface area contributed by atoms with Gasteiger partial charge in [-0.15, -0.1) is 4.98 Å². The Kier molecular flexibility index (Phi) is 3.24. The summed E-state index contributed by atoms with van der Waals surface area (Å²) in [5.41, 5.74) is -1.46. The van der Waals surface area contributed by atoms with Crippen LogP contribution in [0, 0.1) is 0 Å². The molecule has 0 radical (unpaired) electrons. The monoisotopic (exact) mass is 271 g/mol. The lowest BCUT2D eigenvalue weighted by atomic mass is 10.1. The standard InChI is InChI=1S/C11H8F3N3O2/c1-19-10-16-8(15-9(18)17-10)6-3-2-4-7(5-6)11(12,13)14/h2-5H,1H3,(H,15,16,17,18). The predicted octanol–water partition coefficient (Wildman–Crippen LogP) is 1.86. The molecular formula is C11H8F3N3O2. The Labute approximate surface area is 105 Å². The van der Waals surface area contributed by atoms with E-state index in [1.54, 1.807) is 0 Å². The van der Waals surface area contributed by atoms with Gasteiger partial charge in [-0.1, -0.05) is 12.1 Å². The number of benzene rings is 1. The molecule has 0 aliphatic heterocycles. The molecule has 0 amide bonds. The number of nitrogens with zero attached hydrogens (tertiary/aromatic N) is 2. The molecule has 0 fully saturated rings. The molecule has 0 atom stereocenters. The molecule has 8 heteroatoms. The average Bonchev–Trinajstić information content (AvgIpc) is 2.37. The minimum Gasteiger partial charge on any atom is -0.467 e. The van der Waals surface area contributed by atoms with Crippen LogP contribution in [0.1, 0.15) is 5.56 Å². The van der Waals surface area contributed by atoms with Crippen molar-refractivity contribution in [3.8, 4) is 17.4 Å². The van der Waals surface area contributed by atoms with Crippen LogP contribution in [-0.2, 0) is 6.18 Å². The lowest BCUT2D eigenvalue weighted by molar-refractivity contribution is -0.137. The van der Waals surface area contributed by atoms with Crippen LogP contribution in [0.15, 0.2) is 29.1 Å². The number of halogens is 3. The van der Waals surface area contributed by atoms with Crippen molar-refractivity contribution in [3.05, 3.63) is 40.3 Å². The summed E-state index contributed by atoms with van der Waals surface area (Å²) in [6, 6.07) is 4.23. The fraction of sp³-hybridized carbons (Fsp3) is 0.182. The lowest BCUT2D eigenvalue weighted by Gasteiger charge is -2.08. The summed E-state index contributed by atoms with van der Waals surface area (Å²) in [6.07, 6.45) is -4.46. The quantitative estimate of drug-likeness (QED) is 0.905. The number of aromatic nitrogens is 3. The summed E-state index contributed by atoms with van der Waals surface area (Å²) in [7, 11) is 1.25. The van der Waals surface area contributed by atoms with Crippen molar-refractivity contribution in [2.45, 2.75) is 6.18 Å². The van der Waals surface area contributed by atoms with Gasteiger partial charge in [0.2, 0.25) is 0 Å². The average molecular weight is 271 g/mol. The fourth-order valence-electron chi connectivity index (χ4n) is 1.44. The zero-order valence-electron chi connectivity index (χ0n) is 9.65. The Morgan fingerprint density at radius 2 is 2.00 bits per heavy atom. The highest BCUT2D eigenvalue weighted by Crippen LogP contribution is 2.31. The normalized spacial score (nSPS) is 11.4. The van der Waals surface area contributed by atoms with Crippen LogP contribution in [0.2, 0.25) is 0 Å². The van der Waals surface area contributed by atoms with E-state index in [0.29, 0.717) is 0 Å². The first-order chi connectivity index (χ1) is 8.90. The molecular weight excluding hydrogens is 263 g/mol. The Morgan fingerprint density at radius 1 is 1.26 bits per heavy atom. The first-order valence-corrected chi connectivity index (χ1v) is 5.10. The van der Waals surface area contributed by atoms with Gasteiger partial charge in [0.05, 0.1) is 12.7 Å². The minimum absolute atomic E-state index is 0.0389. The van der Waals surface area contributed by atoms with Crippen molar-refractivity contribution in [1.29, 1.82) is 0 Å². The number of H-pyrrole nitrogens is 1. The molecule has 0 aliphatic rings. The Bertz CT molecular complexity index is 652. The smallest absolute Gasteiger partial charge is 0.416 e. The second-order valence-corrected chi connectivity index (χ2v) is 3.57. The molecule has 1 N–H and O–H groups in total. The molecule has 0 aliphatic carbocycles. The summed E-state index contributed by atoms with van der Waals surface area (Å²) >= 11 is 0. The summed E-state index contributed by atoms with van der Waals surface area (Å²) in [6.45, 7) is 0. The zero-order chi connectivity index (χ0) is 14.0. The molecule has 5 nitrogen and oxygen atoms in total. The van der Waals surface area contributed by atoms with E-state index in [-0.39, 0.29) is 17.4 Å². The molecule has 1 heterocycles. The predicted molar refractivity (Wildman–Crippen MR) is 59.6 cm³/mol. The van der Waals surface area contributed by atoms with E-state index in [0.717, 1.165) is 12.1 Å². The molecule has 2 aromatic rings. The third-order valence-corrected chi connectivity index (χ3v) is 2.28. The SMILES string of the molecule is COc1nc(-c2cccc(C(F)(F)F)c2)[nH]c(=O)n1. The number of methoxy groups -OCH3 is 1. The maximum Gasteiger partial charge on any atom is 0.416 e. The van der Waals surface area contributed by atoms with Gasteiger partial charge >= 0.3 is 17.9 Å². The summed E-state index contributed by atoms with van der Waals surface area (Å²) < 4.78 is 42.4. The summed E-state index contributed by atoms with van der Waals surface area (Å²) in [4.78, 5) is 20.6. The third kappa shape index (κ3) is 2.90. The van der Waals surface area contributed by atoms with Gasteiger partial charge in [0.25, 0.3) is 0 Å². The highest BCUT2D eigenvalue weighted by atomic mass is 19.4. The van der Waals surface area contributed by atoms with E-state index in [2.05, 4.69) is 15.0 Å². The molecule has 100 valence electrons. The molecule has 0 spiro atoms. The molecule has 0 unspecified atom stereocenters. The molecule has 0 bridgehead atoms. The summed E-state index contributed by atoms with van der Waals surface area (Å²) in [5.74, 6) is -0.0389. The third-order valence-electron chi connectivity index (χ3n) is 2.28. The van der Waals surface area contributed by atoms with Crippen LogP contribution in [0.4, 0.5) is 13.2 Å². The van der Waals surface area contributed by atoms with Crippen LogP contribution in [0.25, 0.3) is 11.4 Å². The number of aromatic amines is 1. The van der Waals surface area contributed by atoms with Crippen molar-refractivity contribution in [2.24, 2.45) is 0 Å². The Hall–Kier alpha value is -2.38. The minimum atomic E-state index is -4.46. The Balaban J connectivity index is 2.53. The fourth-order valence-corrected chi connectivity index (χ4v) is 1.44. The maximum absolute atomic E-state index is 12.6. The van der Waals surface area contributed by atoms with Crippen molar-refractivity contribution >= 4 is 0 Å². The lowest BCUT2D eigenvalue weighted by Crippen LogP contribution is -2.14. The van der Waals surface area contributed by atoms with E-state index >= 15 is 0 Å². The zero-order valence-corrected chi connectivity index (χ0v) is 9.65. The van der Waals surface area contributed by atoms with Gasteiger partial charge in [0.1, 0.15) is 5.82 Å². The largest absolute Gasteiger partial charge is 0.467 e. The maximum atomic E-state index is 12.6.